The largest absolute Gasteiger partial charge is 0.494 e. The summed E-state index contributed by atoms with van der Waals surface area (Å²) in [5, 5.41) is 5.25. The third-order valence-electron chi connectivity index (χ3n) is 4.12. The molecule has 1 heterocycles. The molecule has 0 spiro atoms. The molecule has 6 nitrogen and oxygen atoms in total. The smallest absolute Gasteiger partial charge is 0.238 e. The number of hydrogen-bond acceptors (Lipinski definition) is 5. The molecule has 2 aromatic carbocycles. The van der Waals surface area contributed by atoms with Crippen LogP contribution in [-0.4, -0.2) is 37.8 Å². The summed E-state index contributed by atoms with van der Waals surface area (Å²) in [5.74, 6) is 0.406. The van der Waals surface area contributed by atoms with Crippen molar-refractivity contribution in [1.29, 1.82) is 0 Å². The molecule has 27 heavy (non-hydrogen) atoms. The summed E-state index contributed by atoms with van der Waals surface area (Å²) in [6.45, 7) is 2.50. The maximum Gasteiger partial charge on any atom is 0.238 e. The molecule has 0 saturated carbocycles. The van der Waals surface area contributed by atoms with E-state index in [4.69, 9.17) is 4.74 Å². The molecule has 1 atom stereocenters. The number of amides is 2. The van der Waals surface area contributed by atoms with Gasteiger partial charge in [-0.15, -0.1) is 11.8 Å². The number of anilines is 3. The van der Waals surface area contributed by atoms with E-state index in [0.717, 1.165) is 22.0 Å². The Labute approximate surface area is 163 Å². The van der Waals surface area contributed by atoms with Gasteiger partial charge >= 0.3 is 0 Å². The van der Waals surface area contributed by atoms with E-state index >= 15 is 0 Å². The van der Waals surface area contributed by atoms with Crippen molar-refractivity contribution in [2.75, 3.05) is 36.2 Å². The Hall–Kier alpha value is -2.67. The van der Waals surface area contributed by atoms with E-state index in [1.54, 1.807) is 0 Å². The molecule has 2 aromatic rings. The van der Waals surface area contributed by atoms with Gasteiger partial charge in [-0.2, -0.15) is 0 Å². The topological polar surface area (TPSA) is 70.7 Å². The number of nitrogens with zero attached hydrogens (tertiary/aromatic N) is 1. The first-order valence-corrected chi connectivity index (χ1v) is 9.66. The molecule has 0 fully saturated rings. The van der Waals surface area contributed by atoms with Gasteiger partial charge < -0.3 is 20.3 Å². The zero-order valence-electron chi connectivity index (χ0n) is 15.6. The number of hydrogen-bond donors (Lipinski definition) is 2. The zero-order valence-corrected chi connectivity index (χ0v) is 16.4. The van der Waals surface area contributed by atoms with Crippen LogP contribution < -0.4 is 20.3 Å². The first kappa shape index (κ1) is 19.1. The maximum absolute atomic E-state index is 12.4. The molecule has 0 aromatic heterocycles. The van der Waals surface area contributed by atoms with Gasteiger partial charge in [0, 0.05) is 36.8 Å². The predicted octanol–water partition coefficient (Wildman–Crippen LogP) is 3.59. The molecule has 2 N–H and O–H groups in total. The summed E-state index contributed by atoms with van der Waals surface area (Å²) in [6.07, 6.45) is 0.101. The van der Waals surface area contributed by atoms with Crippen molar-refractivity contribution in [3.8, 4) is 5.75 Å². The second-order valence-electron chi connectivity index (χ2n) is 6.38. The predicted molar refractivity (Wildman–Crippen MR) is 110 cm³/mol. The number of benzene rings is 2. The quantitative estimate of drug-likeness (QED) is 0.795. The molecule has 1 aliphatic rings. The fraction of sp³-hybridized carbons (Fsp3) is 0.300. The van der Waals surface area contributed by atoms with Gasteiger partial charge in [-0.3, -0.25) is 9.59 Å². The third kappa shape index (κ3) is 4.74. The molecule has 1 unspecified atom stereocenters. The van der Waals surface area contributed by atoms with Crippen LogP contribution in [0.5, 0.6) is 5.75 Å². The number of fused-ring (bicyclic) bond motifs is 1. The lowest BCUT2D eigenvalue weighted by molar-refractivity contribution is -0.120. The monoisotopic (exact) mass is 385 g/mol. The molecular formula is C20H23N3O3S. The highest BCUT2D eigenvalue weighted by atomic mass is 32.2. The van der Waals surface area contributed by atoms with Crippen LogP contribution in [0.4, 0.5) is 17.1 Å². The van der Waals surface area contributed by atoms with E-state index in [9.17, 15) is 9.59 Å². The maximum atomic E-state index is 12.4. The Kier molecular flexibility index (Phi) is 5.91. The first-order chi connectivity index (χ1) is 13.0. The SMILES string of the molecule is CCOc1ccc2c(c1)SC(CC(=O)Nc1ccc(N(C)C)cc1)C(=O)N2. The summed E-state index contributed by atoms with van der Waals surface area (Å²) >= 11 is 1.39. The lowest BCUT2D eigenvalue weighted by Gasteiger charge is -2.24. The van der Waals surface area contributed by atoms with E-state index < -0.39 is 5.25 Å². The first-order valence-electron chi connectivity index (χ1n) is 8.78. The Morgan fingerprint density at radius 1 is 1.22 bits per heavy atom. The van der Waals surface area contributed by atoms with Gasteiger partial charge in [-0.25, -0.2) is 0 Å². The lowest BCUT2D eigenvalue weighted by Crippen LogP contribution is -2.32. The van der Waals surface area contributed by atoms with Crippen molar-refractivity contribution >= 4 is 40.6 Å². The standard InChI is InChI=1S/C20H23N3O3S/c1-4-26-15-9-10-16-17(11-15)27-18(20(25)22-16)12-19(24)21-13-5-7-14(8-6-13)23(2)3/h5-11,18H,4,12H2,1-3H3,(H,21,24)(H,22,25). The average molecular weight is 385 g/mol. The van der Waals surface area contributed by atoms with Gasteiger partial charge in [0.15, 0.2) is 0 Å². The van der Waals surface area contributed by atoms with Crippen molar-refractivity contribution in [2.24, 2.45) is 0 Å². The number of thioether (sulfide) groups is 1. The van der Waals surface area contributed by atoms with Crippen molar-refractivity contribution < 1.29 is 14.3 Å². The van der Waals surface area contributed by atoms with Gasteiger partial charge in [-0.05, 0) is 49.4 Å². The van der Waals surface area contributed by atoms with Crippen LogP contribution in [-0.2, 0) is 9.59 Å². The lowest BCUT2D eigenvalue weighted by atomic mass is 10.2. The molecular weight excluding hydrogens is 362 g/mol. The van der Waals surface area contributed by atoms with E-state index in [0.29, 0.717) is 12.3 Å². The normalized spacial score (nSPS) is 15.5. The average Bonchev–Trinajstić information content (AvgIpc) is 2.63. The number of carbonyl (C=O) groups excluding carboxylic acids is 2. The Morgan fingerprint density at radius 2 is 1.96 bits per heavy atom. The van der Waals surface area contributed by atoms with Crippen LogP contribution in [0.15, 0.2) is 47.4 Å². The molecule has 2 amide bonds. The molecule has 7 heteroatoms. The second-order valence-corrected chi connectivity index (χ2v) is 7.62. The Balaban J connectivity index is 1.63. The summed E-state index contributed by atoms with van der Waals surface area (Å²) in [4.78, 5) is 27.6. The molecule has 142 valence electrons. The highest BCUT2D eigenvalue weighted by Gasteiger charge is 2.29. The zero-order chi connectivity index (χ0) is 19.4. The number of carbonyl (C=O) groups is 2. The van der Waals surface area contributed by atoms with E-state index in [2.05, 4.69) is 10.6 Å². The number of ether oxygens (including phenoxy) is 1. The fourth-order valence-corrected chi connectivity index (χ4v) is 3.87. The molecule has 0 saturated heterocycles. The van der Waals surface area contributed by atoms with Gasteiger partial charge in [0.2, 0.25) is 11.8 Å². The number of nitrogens with one attached hydrogen (secondary N) is 2. The molecule has 0 bridgehead atoms. The minimum absolute atomic E-state index is 0.101. The molecule has 1 aliphatic heterocycles. The molecule has 0 radical (unpaired) electrons. The molecule has 3 rings (SSSR count). The fourth-order valence-electron chi connectivity index (χ4n) is 2.74. The highest BCUT2D eigenvalue weighted by Crippen LogP contribution is 2.39. The van der Waals surface area contributed by atoms with Crippen molar-refractivity contribution in [1.82, 2.24) is 0 Å². The molecule has 0 aliphatic carbocycles. The summed E-state index contributed by atoms with van der Waals surface area (Å²) in [6, 6.07) is 13.1. The van der Waals surface area contributed by atoms with Crippen molar-refractivity contribution in [3.63, 3.8) is 0 Å². The van der Waals surface area contributed by atoms with E-state index in [1.807, 2.05) is 68.4 Å². The van der Waals surface area contributed by atoms with Crippen LogP contribution in [0, 0.1) is 0 Å². The van der Waals surface area contributed by atoms with Crippen molar-refractivity contribution in [2.45, 2.75) is 23.5 Å². The second kappa shape index (κ2) is 8.35. The minimum Gasteiger partial charge on any atom is -0.494 e. The van der Waals surface area contributed by atoms with Gasteiger partial charge in [0.25, 0.3) is 0 Å². The summed E-state index contributed by atoms with van der Waals surface area (Å²) in [7, 11) is 3.92. The van der Waals surface area contributed by atoms with Crippen LogP contribution in [0.3, 0.4) is 0 Å². The Morgan fingerprint density at radius 3 is 2.63 bits per heavy atom. The van der Waals surface area contributed by atoms with Gasteiger partial charge in [0.1, 0.15) is 5.75 Å². The summed E-state index contributed by atoms with van der Waals surface area (Å²) in [5.41, 5.74) is 2.52. The van der Waals surface area contributed by atoms with Crippen LogP contribution in [0.2, 0.25) is 0 Å². The Bertz CT molecular complexity index is 837. The van der Waals surface area contributed by atoms with Crippen LogP contribution in [0.1, 0.15) is 13.3 Å². The third-order valence-corrected chi connectivity index (χ3v) is 5.38. The summed E-state index contributed by atoms with van der Waals surface area (Å²) < 4.78 is 5.51. The van der Waals surface area contributed by atoms with Crippen LogP contribution in [0.25, 0.3) is 0 Å². The van der Waals surface area contributed by atoms with Gasteiger partial charge in [0.05, 0.1) is 17.5 Å². The number of rotatable bonds is 6. The van der Waals surface area contributed by atoms with Gasteiger partial charge in [-0.1, -0.05) is 0 Å². The van der Waals surface area contributed by atoms with Crippen molar-refractivity contribution in [3.05, 3.63) is 42.5 Å². The highest BCUT2D eigenvalue weighted by molar-refractivity contribution is 8.01. The van der Waals surface area contributed by atoms with E-state index in [-0.39, 0.29) is 18.2 Å². The minimum atomic E-state index is -0.476. The van der Waals surface area contributed by atoms with E-state index in [1.165, 1.54) is 11.8 Å². The van der Waals surface area contributed by atoms with Crippen LogP contribution >= 0.6 is 11.8 Å².